The second kappa shape index (κ2) is 4.51. The van der Waals surface area contributed by atoms with Gasteiger partial charge in [0.2, 0.25) is 5.95 Å². The highest BCUT2D eigenvalue weighted by Crippen LogP contribution is 2.37. The summed E-state index contributed by atoms with van der Waals surface area (Å²) in [5.74, 6) is -0.268. The maximum atomic E-state index is 13.5. The third-order valence-electron chi connectivity index (χ3n) is 4.52. The number of ether oxygens (including phenoxy) is 1. The molecule has 0 bridgehead atoms. The number of pyridine rings is 1. The molecule has 0 aromatic carbocycles. The molecule has 0 spiro atoms. The highest BCUT2D eigenvalue weighted by Gasteiger charge is 2.52. The number of rotatable bonds is 2. The molecular formula is C14H19BFNO3. The highest BCUT2D eigenvalue weighted by atomic mass is 19.1. The average molecular weight is 279 g/mol. The summed E-state index contributed by atoms with van der Waals surface area (Å²) in [6.07, 6.45) is 1.57. The summed E-state index contributed by atoms with van der Waals surface area (Å²) in [6, 6.07) is 1.41. The molecule has 0 atom stereocenters. The molecule has 2 fully saturated rings. The molecule has 2 aliphatic rings. The summed E-state index contributed by atoms with van der Waals surface area (Å²) in [5, 5.41) is 0. The average Bonchev–Trinajstić information content (AvgIpc) is 2.48. The molecule has 0 saturated carbocycles. The zero-order valence-corrected chi connectivity index (χ0v) is 12.3. The van der Waals surface area contributed by atoms with Crippen LogP contribution in [0.5, 0.6) is 0 Å². The lowest BCUT2D eigenvalue weighted by atomic mass is 9.73. The molecular weight excluding hydrogens is 260 g/mol. The van der Waals surface area contributed by atoms with Crippen LogP contribution < -0.4 is 5.46 Å². The van der Waals surface area contributed by atoms with Crippen molar-refractivity contribution in [1.82, 2.24) is 4.98 Å². The van der Waals surface area contributed by atoms with Gasteiger partial charge in [-0.3, -0.25) is 0 Å². The first-order valence-electron chi connectivity index (χ1n) is 6.89. The van der Waals surface area contributed by atoms with Gasteiger partial charge in [0.1, 0.15) is 0 Å². The van der Waals surface area contributed by atoms with Crippen LogP contribution in [-0.4, -0.2) is 36.5 Å². The Labute approximate surface area is 118 Å². The quantitative estimate of drug-likeness (QED) is 0.609. The topological polar surface area (TPSA) is 40.6 Å². The summed E-state index contributed by atoms with van der Waals surface area (Å²) in [5.41, 5.74) is 0.802. The zero-order chi connectivity index (χ0) is 14.5. The zero-order valence-electron chi connectivity index (χ0n) is 12.3. The van der Waals surface area contributed by atoms with Crippen LogP contribution in [0.3, 0.4) is 0 Å². The van der Waals surface area contributed by atoms with Crippen LogP contribution in [0.2, 0.25) is 0 Å². The maximum absolute atomic E-state index is 13.5. The smallest absolute Gasteiger partial charge is 0.399 e. The van der Waals surface area contributed by atoms with E-state index in [0.29, 0.717) is 13.2 Å². The standard InChI is InChI=1S/C14H19BFNO3/c1-13(2)14(3,4)20-15(19-13)11-5-12(16)17-6-10(11)9-7-18-8-9/h5-6,9H,7-8H2,1-4H3. The van der Waals surface area contributed by atoms with Gasteiger partial charge in [0.15, 0.2) is 0 Å². The molecule has 108 valence electrons. The molecule has 3 rings (SSSR count). The van der Waals surface area contributed by atoms with E-state index in [1.165, 1.54) is 6.07 Å². The van der Waals surface area contributed by atoms with Crippen LogP contribution in [0.1, 0.15) is 39.2 Å². The van der Waals surface area contributed by atoms with Crippen molar-refractivity contribution in [2.75, 3.05) is 13.2 Å². The van der Waals surface area contributed by atoms with Crippen molar-refractivity contribution in [3.8, 4) is 0 Å². The lowest BCUT2D eigenvalue weighted by Gasteiger charge is -2.32. The fraction of sp³-hybridized carbons (Fsp3) is 0.643. The van der Waals surface area contributed by atoms with Crippen LogP contribution in [0.15, 0.2) is 12.3 Å². The van der Waals surface area contributed by atoms with Gasteiger partial charge in [0, 0.05) is 12.1 Å². The van der Waals surface area contributed by atoms with Crippen molar-refractivity contribution in [2.45, 2.75) is 44.8 Å². The van der Waals surface area contributed by atoms with E-state index in [1.807, 2.05) is 27.7 Å². The molecule has 1 aromatic rings. The predicted octanol–water partition coefficient (Wildman–Crippen LogP) is 1.63. The summed E-state index contributed by atoms with van der Waals surface area (Å²) in [4.78, 5) is 3.75. The first-order chi connectivity index (χ1) is 9.30. The van der Waals surface area contributed by atoms with Crippen molar-refractivity contribution < 1.29 is 18.4 Å². The van der Waals surface area contributed by atoms with E-state index < -0.39 is 24.3 Å². The lowest BCUT2D eigenvalue weighted by Crippen LogP contribution is -2.41. The van der Waals surface area contributed by atoms with Gasteiger partial charge in [-0.25, -0.2) is 4.98 Å². The van der Waals surface area contributed by atoms with E-state index in [9.17, 15) is 4.39 Å². The van der Waals surface area contributed by atoms with E-state index in [-0.39, 0.29) is 5.92 Å². The molecule has 2 aliphatic heterocycles. The van der Waals surface area contributed by atoms with Crippen molar-refractivity contribution in [1.29, 1.82) is 0 Å². The molecule has 20 heavy (non-hydrogen) atoms. The fourth-order valence-electron chi connectivity index (χ4n) is 2.39. The molecule has 0 amide bonds. The van der Waals surface area contributed by atoms with E-state index in [2.05, 4.69) is 4.98 Å². The van der Waals surface area contributed by atoms with Gasteiger partial charge >= 0.3 is 7.12 Å². The largest absolute Gasteiger partial charge is 0.495 e. The van der Waals surface area contributed by atoms with Gasteiger partial charge < -0.3 is 14.0 Å². The van der Waals surface area contributed by atoms with Gasteiger partial charge in [-0.15, -0.1) is 0 Å². The molecule has 1 aromatic heterocycles. The Bertz CT molecular complexity index is 515. The summed E-state index contributed by atoms with van der Waals surface area (Å²) < 4.78 is 30.7. The second-order valence-electron chi connectivity index (χ2n) is 6.46. The Balaban J connectivity index is 1.96. The fourth-order valence-corrected chi connectivity index (χ4v) is 2.39. The SMILES string of the molecule is CC1(C)OB(c2cc(F)ncc2C2COC2)OC1(C)C. The Kier molecular flexibility index (Phi) is 3.16. The molecule has 6 heteroatoms. The van der Waals surface area contributed by atoms with Crippen molar-refractivity contribution in [2.24, 2.45) is 0 Å². The van der Waals surface area contributed by atoms with E-state index in [0.717, 1.165) is 11.0 Å². The minimum absolute atomic E-state index is 0.247. The van der Waals surface area contributed by atoms with E-state index in [1.54, 1.807) is 6.20 Å². The van der Waals surface area contributed by atoms with Crippen LogP contribution in [0.4, 0.5) is 4.39 Å². The summed E-state index contributed by atoms with van der Waals surface area (Å²) in [6.45, 7) is 9.21. The molecule has 0 N–H and O–H groups in total. The first kappa shape index (κ1) is 14.0. The number of aromatic nitrogens is 1. The van der Waals surface area contributed by atoms with E-state index >= 15 is 0 Å². The molecule has 3 heterocycles. The monoisotopic (exact) mass is 279 g/mol. The van der Waals surface area contributed by atoms with E-state index in [4.69, 9.17) is 14.0 Å². The van der Waals surface area contributed by atoms with Gasteiger partial charge in [-0.1, -0.05) is 0 Å². The van der Waals surface area contributed by atoms with Crippen LogP contribution in [0, 0.1) is 5.95 Å². The summed E-state index contributed by atoms with van der Waals surface area (Å²) >= 11 is 0. The molecule has 0 radical (unpaired) electrons. The number of hydrogen-bond donors (Lipinski definition) is 0. The maximum Gasteiger partial charge on any atom is 0.495 e. The molecule has 0 unspecified atom stereocenters. The minimum atomic E-state index is -0.562. The van der Waals surface area contributed by atoms with Crippen molar-refractivity contribution in [3.05, 3.63) is 23.8 Å². The van der Waals surface area contributed by atoms with Gasteiger partial charge in [0.05, 0.1) is 24.4 Å². The number of halogens is 1. The molecule has 0 aliphatic carbocycles. The van der Waals surface area contributed by atoms with Gasteiger partial charge in [-0.2, -0.15) is 4.39 Å². The minimum Gasteiger partial charge on any atom is -0.399 e. The molecule has 4 nitrogen and oxygen atoms in total. The van der Waals surface area contributed by atoms with Crippen molar-refractivity contribution >= 4 is 12.6 Å². The van der Waals surface area contributed by atoms with Crippen LogP contribution >= 0.6 is 0 Å². The number of nitrogens with zero attached hydrogens (tertiary/aromatic N) is 1. The Morgan fingerprint density at radius 1 is 1.20 bits per heavy atom. The Morgan fingerprint density at radius 3 is 2.30 bits per heavy atom. The Hall–Kier alpha value is -0.975. The third-order valence-corrected chi connectivity index (χ3v) is 4.52. The second-order valence-corrected chi connectivity index (χ2v) is 6.46. The van der Waals surface area contributed by atoms with Crippen LogP contribution in [-0.2, 0) is 14.0 Å². The van der Waals surface area contributed by atoms with Crippen LogP contribution in [0.25, 0.3) is 0 Å². The van der Waals surface area contributed by atoms with Gasteiger partial charge in [0.25, 0.3) is 0 Å². The first-order valence-corrected chi connectivity index (χ1v) is 6.89. The van der Waals surface area contributed by atoms with Crippen molar-refractivity contribution in [3.63, 3.8) is 0 Å². The predicted molar refractivity (Wildman–Crippen MR) is 73.5 cm³/mol. The number of hydrogen-bond acceptors (Lipinski definition) is 4. The highest BCUT2D eigenvalue weighted by molar-refractivity contribution is 6.62. The lowest BCUT2D eigenvalue weighted by molar-refractivity contribution is 0.00578. The third kappa shape index (κ3) is 2.16. The van der Waals surface area contributed by atoms with Gasteiger partial charge in [-0.05, 0) is 44.8 Å². The Morgan fingerprint density at radius 2 is 1.80 bits per heavy atom. The normalized spacial score (nSPS) is 24.8. The molecule has 2 saturated heterocycles. The summed E-state index contributed by atoms with van der Waals surface area (Å²) in [7, 11) is -0.562.